The summed E-state index contributed by atoms with van der Waals surface area (Å²) in [7, 11) is 0. The van der Waals surface area contributed by atoms with Gasteiger partial charge in [0, 0.05) is 11.5 Å². The van der Waals surface area contributed by atoms with Gasteiger partial charge in [-0.25, -0.2) is 4.79 Å². The second kappa shape index (κ2) is 8.96. The molecule has 4 fully saturated rings. The fourth-order valence-electron chi connectivity index (χ4n) is 8.96. The summed E-state index contributed by atoms with van der Waals surface area (Å²) >= 11 is 0. The van der Waals surface area contributed by atoms with E-state index in [1.165, 1.54) is 0 Å². The fraction of sp³-hybridized carbons (Fsp3) is 0.786. The molecule has 1 saturated heterocycles. The lowest BCUT2D eigenvalue weighted by Gasteiger charge is -2.61. The van der Waals surface area contributed by atoms with Gasteiger partial charge >= 0.3 is 5.97 Å². The van der Waals surface area contributed by atoms with Crippen molar-refractivity contribution < 1.29 is 44.2 Å². The average molecular weight is 519 g/mol. The Hall–Kier alpha value is -1.62. The third kappa shape index (κ3) is 3.65. The number of allylic oxidation sites excluding steroid dienone is 1. The molecule has 3 saturated carbocycles. The maximum absolute atomic E-state index is 12.8. The number of aldehydes is 1. The first-order chi connectivity index (χ1) is 17.6. The van der Waals surface area contributed by atoms with Gasteiger partial charge in [0.05, 0.1) is 23.7 Å². The van der Waals surface area contributed by atoms with Crippen LogP contribution in [0.15, 0.2) is 23.3 Å². The van der Waals surface area contributed by atoms with Gasteiger partial charge in [0.15, 0.2) is 6.29 Å². The number of rotatable bonds is 4. The van der Waals surface area contributed by atoms with Crippen LogP contribution >= 0.6 is 0 Å². The first-order valence-corrected chi connectivity index (χ1v) is 13.7. The quantitative estimate of drug-likeness (QED) is 0.245. The Balaban J connectivity index is 1.23. The lowest BCUT2D eigenvalue weighted by Crippen LogP contribution is -2.61. The number of carbonyl (C=O) groups excluding carboxylic acids is 2. The highest BCUT2D eigenvalue weighted by Gasteiger charge is 2.68. The van der Waals surface area contributed by atoms with Crippen LogP contribution in [-0.4, -0.2) is 82.2 Å². The molecule has 2 aliphatic heterocycles. The van der Waals surface area contributed by atoms with E-state index >= 15 is 0 Å². The van der Waals surface area contributed by atoms with E-state index in [0.29, 0.717) is 32.3 Å². The Morgan fingerprint density at radius 1 is 1.05 bits per heavy atom. The Morgan fingerprint density at radius 2 is 1.86 bits per heavy atom. The fourth-order valence-corrected chi connectivity index (χ4v) is 8.96. The first kappa shape index (κ1) is 25.6. The molecule has 6 aliphatic rings. The molecule has 9 nitrogen and oxygen atoms in total. The number of aliphatic hydroxyl groups is 4. The maximum Gasteiger partial charge on any atom is 0.331 e. The Bertz CT molecular complexity index is 1020. The van der Waals surface area contributed by atoms with E-state index in [4.69, 9.17) is 14.2 Å². The van der Waals surface area contributed by atoms with Crippen molar-refractivity contribution in [1.82, 2.24) is 0 Å². The van der Waals surface area contributed by atoms with Gasteiger partial charge in [-0.1, -0.05) is 18.6 Å². The summed E-state index contributed by atoms with van der Waals surface area (Å²) in [6.45, 7) is 2.35. The summed E-state index contributed by atoms with van der Waals surface area (Å²) in [5, 5.41) is 42.3. The highest BCUT2D eigenvalue weighted by atomic mass is 16.7. The first-order valence-electron chi connectivity index (χ1n) is 13.7. The van der Waals surface area contributed by atoms with Crippen molar-refractivity contribution >= 4 is 12.3 Å². The molecule has 37 heavy (non-hydrogen) atoms. The van der Waals surface area contributed by atoms with E-state index in [0.717, 1.165) is 43.1 Å². The van der Waals surface area contributed by atoms with Gasteiger partial charge in [-0.15, -0.1) is 0 Å². The largest absolute Gasteiger partial charge is 0.458 e. The van der Waals surface area contributed by atoms with Crippen molar-refractivity contribution in [3.63, 3.8) is 0 Å². The standard InChI is InChI=1S/C28H38O9/c1-26-7-5-19-20(28(26,34)9-6-18(26)15-10-22(31)35-12-15)3-2-16-11-17(4-8-27(16,19)14-29)37-25-24(33)23(32)21(30)13-36-25/h10-11,14,17-21,23-25,30,32-34H,2-9,12-13H2,1H3/t17-,18+,19-,20+,21-,23+,24-,25+,26+,27+,28-/m0/s1. The van der Waals surface area contributed by atoms with Crippen molar-refractivity contribution in [2.45, 2.75) is 94.6 Å². The van der Waals surface area contributed by atoms with Crippen LogP contribution in [0.25, 0.3) is 0 Å². The topological polar surface area (TPSA) is 143 Å². The summed E-state index contributed by atoms with van der Waals surface area (Å²) < 4.78 is 16.6. The third-order valence-corrected chi connectivity index (χ3v) is 11.0. The van der Waals surface area contributed by atoms with Crippen molar-refractivity contribution in [2.24, 2.45) is 28.6 Å². The predicted octanol–water partition coefficient (Wildman–Crippen LogP) is 1.17. The van der Waals surface area contributed by atoms with E-state index in [1.54, 1.807) is 6.08 Å². The summed E-state index contributed by atoms with van der Waals surface area (Å²) in [5.41, 5.74) is 0.111. The van der Waals surface area contributed by atoms with Crippen LogP contribution in [0.5, 0.6) is 0 Å². The van der Waals surface area contributed by atoms with Gasteiger partial charge in [-0.05, 0) is 74.7 Å². The number of hydrogen-bond acceptors (Lipinski definition) is 9. The van der Waals surface area contributed by atoms with Crippen LogP contribution in [0, 0.1) is 28.6 Å². The molecule has 4 N–H and O–H groups in total. The SMILES string of the molecule is C[C@]12CC[C@H]3[C@@H](CCC4=C[C@@H](O[C@H]5OC[C@H](O)[C@@H](O)[C@@H]5O)CC[C@@]43C=O)[C@@]1(O)CC[C@@H]2C1=CC(=O)OC1. The Morgan fingerprint density at radius 3 is 2.59 bits per heavy atom. The minimum absolute atomic E-state index is 0.00479. The van der Waals surface area contributed by atoms with Crippen molar-refractivity contribution in [3.8, 4) is 0 Å². The molecule has 4 aliphatic carbocycles. The van der Waals surface area contributed by atoms with Crippen LogP contribution in [-0.2, 0) is 23.8 Å². The minimum atomic E-state index is -1.35. The van der Waals surface area contributed by atoms with Gasteiger partial charge in [-0.3, -0.25) is 0 Å². The summed E-state index contributed by atoms with van der Waals surface area (Å²) in [5.74, 6) is -0.165. The van der Waals surface area contributed by atoms with Crippen molar-refractivity contribution in [2.75, 3.05) is 13.2 Å². The molecular weight excluding hydrogens is 480 g/mol. The summed E-state index contributed by atoms with van der Waals surface area (Å²) in [4.78, 5) is 24.6. The number of ether oxygens (including phenoxy) is 3. The molecule has 0 aromatic rings. The van der Waals surface area contributed by atoms with E-state index < -0.39 is 35.6 Å². The molecule has 11 atom stereocenters. The molecule has 9 heteroatoms. The molecule has 2 heterocycles. The predicted molar refractivity (Wildman–Crippen MR) is 129 cm³/mol. The number of carbonyl (C=O) groups is 2. The molecular formula is C28H38O9. The zero-order valence-corrected chi connectivity index (χ0v) is 21.3. The van der Waals surface area contributed by atoms with E-state index in [9.17, 15) is 30.0 Å². The van der Waals surface area contributed by atoms with Crippen molar-refractivity contribution in [1.29, 1.82) is 0 Å². The molecule has 0 aromatic carbocycles. The molecule has 0 amide bonds. The second-order valence-electron chi connectivity index (χ2n) is 12.4. The lowest BCUT2D eigenvalue weighted by atomic mass is 9.45. The highest BCUT2D eigenvalue weighted by molar-refractivity contribution is 5.85. The van der Waals surface area contributed by atoms with Gasteiger partial charge < -0.3 is 39.4 Å². The maximum atomic E-state index is 12.8. The van der Waals surface area contributed by atoms with Gasteiger partial charge in [0.1, 0.15) is 31.2 Å². The highest BCUT2D eigenvalue weighted by Crippen LogP contribution is 2.69. The zero-order chi connectivity index (χ0) is 26.2. The Kier molecular flexibility index (Phi) is 6.21. The van der Waals surface area contributed by atoms with Crippen molar-refractivity contribution in [3.05, 3.63) is 23.3 Å². The second-order valence-corrected chi connectivity index (χ2v) is 12.4. The zero-order valence-electron chi connectivity index (χ0n) is 21.3. The summed E-state index contributed by atoms with van der Waals surface area (Å²) in [6.07, 6.45) is 5.12. The van der Waals surface area contributed by atoms with Crippen LogP contribution in [0.2, 0.25) is 0 Å². The van der Waals surface area contributed by atoms with E-state index in [2.05, 4.69) is 6.92 Å². The molecule has 6 rings (SSSR count). The smallest absolute Gasteiger partial charge is 0.331 e. The summed E-state index contributed by atoms with van der Waals surface area (Å²) in [6, 6.07) is 0. The Labute approximate surface area is 216 Å². The van der Waals surface area contributed by atoms with Crippen LogP contribution in [0.3, 0.4) is 0 Å². The monoisotopic (exact) mass is 518 g/mol. The molecule has 204 valence electrons. The third-order valence-electron chi connectivity index (χ3n) is 11.0. The van der Waals surface area contributed by atoms with Gasteiger partial charge in [0.25, 0.3) is 0 Å². The van der Waals surface area contributed by atoms with Crippen LogP contribution < -0.4 is 0 Å². The molecule has 0 bridgehead atoms. The number of fused-ring (bicyclic) bond motifs is 5. The lowest BCUT2D eigenvalue weighted by molar-refractivity contribution is -0.279. The molecule has 0 radical (unpaired) electrons. The average Bonchev–Trinajstić information content (AvgIpc) is 3.43. The normalized spacial score (nSPS) is 51.3. The molecule has 0 aromatic heterocycles. The van der Waals surface area contributed by atoms with Gasteiger partial charge in [0.2, 0.25) is 0 Å². The van der Waals surface area contributed by atoms with Crippen LogP contribution in [0.1, 0.15) is 58.3 Å². The minimum Gasteiger partial charge on any atom is -0.458 e. The molecule has 0 spiro atoms. The van der Waals surface area contributed by atoms with Crippen LogP contribution in [0.4, 0.5) is 0 Å². The van der Waals surface area contributed by atoms with Gasteiger partial charge in [-0.2, -0.15) is 0 Å². The van der Waals surface area contributed by atoms with E-state index in [-0.39, 0.29) is 41.8 Å². The van der Waals surface area contributed by atoms with E-state index in [1.807, 2.05) is 6.08 Å². The number of aliphatic hydroxyl groups excluding tert-OH is 3. The number of cyclic esters (lactones) is 1. The molecule has 0 unspecified atom stereocenters. The number of esters is 1. The number of hydrogen-bond donors (Lipinski definition) is 4.